The van der Waals surface area contributed by atoms with Crippen molar-refractivity contribution in [3.8, 4) is 0 Å². The van der Waals surface area contributed by atoms with E-state index in [9.17, 15) is 13.6 Å². The lowest BCUT2D eigenvalue weighted by Gasteiger charge is -2.18. The fourth-order valence-corrected chi connectivity index (χ4v) is 1.10. The molecule has 0 bridgehead atoms. The molecule has 0 aromatic heterocycles. The Bertz CT molecular complexity index is 364. The summed E-state index contributed by atoms with van der Waals surface area (Å²) >= 11 is 5.51. The van der Waals surface area contributed by atoms with Gasteiger partial charge in [0, 0.05) is 5.02 Å². The Labute approximate surface area is 88.9 Å². The standard InChI is InChI=1S/C9H7ClF2O3/c10-6-3-1-5(2-4-6)7(13)9(11,12)8(14)15/h1-4,7,13H,(H,14,15). The van der Waals surface area contributed by atoms with E-state index in [-0.39, 0.29) is 5.56 Å². The summed E-state index contributed by atoms with van der Waals surface area (Å²) < 4.78 is 25.7. The number of halogens is 3. The summed E-state index contributed by atoms with van der Waals surface area (Å²) in [4.78, 5) is 10.2. The lowest BCUT2D eigenvalue weighted by Crippen LogP contribution is -2.35. The number of alkyl halides is 2. The van der Waals surface area contributed by atoms with Gasteiger partial charge in [-0.2, -0.15) is 8.78 Å². The lowest BCUT2D eigenvalue weighted by atomic mass is 10.0. The van der Waals surface area contributed by atoms with Gasteiger partial charge in [0.25, 0.3) is 0 Å². The zero-order valence-corrected chi connectivity index (χ0v) is 8.08. The minimum atomic E-state index is -4.21. The molecule has 82 valence electrons. The van der Waals surface area contributed by atoms with Crippen LogP contribution in [-0.2, 0) is 4.79 Å². The van der Waals surface area contributed by atoms with Crippen LogP contribution in [0.5, 0.6) is 0 Å². The van der Waals surface area contributed by atoms with Gasteiger partial charge in [0.15, 0.2) is 6.10 Å². The van der Waals surface area contributed by atoms with E-state index in [0.717, 1.165) is 12.1 Å². The molecule has 0 aliphatic heterocycles. The Morgan fingerprint density at radius 1 is 1.33 bits per heavy atom. The third-order valence-electron chi connectivity index (χ3n) is 1.81. The molecular weight excluding hydrogens is 230 g/mol. The third kappa shape index (κ3) is 2.43. The largest absolute Gasteiger partial charge is 0.477 e. The lowest BCUT2D eigenvalue weighted by molar-refractivity contribution is -0.182. The Morgan fingerprint density at radius 2 is 1.80 bits per heavy atom. The number of aliphatic carboxylic acids is 1. The number of rotatable bonds is 3. The average Bonchev–Trinajstić information content (AvgIpc) is 2.17. The molecule has 1 rings (SSSR count). The predicted molar refractivity (Wildman–Crippen MR) is 49.0 cm³/mol. The number of carboxylic acid groups (broad SMARTS) is 1. The molecule has 6 heteroatoms. The van der Waals surface area contributed by atoms with Crippen LogP contribution < -0.4 is 0 Å². The highest BCUT2D eigenvalue weighted by Gasteiger charge is 2.47. The molecule has 0 saturated heterocycles. The first kappa shape index (κ1) is 11.9. The third-order valence-corrected chi connectivity index (χ3v) is 2.07. The summed E-state index contributed by atoms with van der Waals surface area (Å²) in [5.41, 5.74) is -0.202. The van der Waals surface area contributed by atoms with E-state index >= 15 is 0 Å². The Balaban J connectivity index is 2.99. The molecule has 0 spiro atoms. The molecular formula is C9H7ClF2O3. The van der Waals surface area contributed by atoms with E-state index in [1.54, 1.807) is 0 Å². The van der Waals surface area contributed by atoms with Gasteiger partial charge in [0.05, 0.1) is 0 Å². The van der Waals surface area contributed by atoms with Crippen molar-refractivity contribution in [1.82, 2.24) is 0 Å². The molecule has 0 aliphatic rings. The average molecular weight is 237 g/mol. The molecule has 0 heterocycles. The topological polar surface area (TPSA) is 57.5 Å². The number of hydrogen-bond donors (Lipinski definition) is 2. The van der Waals surface area contributed by atoms with Crippen LogP contribution in [0.4, 0.5) is 8.78 Å². The van der Waals surface area contributed by atoms with Gasteiger partial charge in [-0.1, -0.05) is 23.7 Å². The molecule has 1 atom stereocenters. The minimum Gasteiger partial charge on any atom is -0.477 e. The van der Waals surface area contributed by atoms with Gasteiger partial charge in [0.1, 0.15) is 0 Å². The smallest absolute Gasteiger partial charge is 0.377 e. The van der Waals surface area contributed by atoms with Crippen LogP contribution in [0.15, 0.2) is 24.3 Å². The number of benzene rings is 1. The maximum Gasteiger partial charge on any atom is 0.377 e. The highest BCUT2D eigenvalue weighted by atomic mass is 35.5. The summed E-state index contributed by atoms with van der Waals surface area (Å²) in [6, 6.07) is 4.86. The van der Waals surface area contributed by atoms with Crippen LogP contribution >= 0.6 is 11.6 Å². The molecule has 2 N–H and O–H groups in total. The quantitative estimate of drug-likeness (QED) is 0.845. The van der Waals surface area contributed by atoms with E-state index < -0.39 is 18.0 Å². The molecule has 0 aliphatic carbocycles. The first-order valence-electron chi connectivity index (χ1n) is 3.90. The molecule has 1 aromatic rings. The van der Waals surface area contributed by atoms with Gasteiger partial charge in [-0.05, 0) is 17.7 Å². The molecule has 15 heavy (non-hydrogen) atoms. The van der Waals surface area contributed by atoms with Crippen LogP contribution in [0.2, 0.25) is 5.02 Å². The van der Waals surface area contributed by atoms with Crippen LogP contribution in [0.1, 0.15) is 11.7 Å². The number of aliphatic hydroxyl groups is 1. The molecule has 0 radical (unpaired) electrons. The fourth-order valence-electron chi connectivity index (χ4n) is 0.971. The summed E-state index contributed by atoms with van der Waals surface area (Å²) in [7, 11) is 0. The summed E-state index contributed by atoms with van der Waals surface area (Å²) in [5, 5.41) is 17.6. The number of carboxylic acids is 1. The van der Waals surface area contributed by atoms with Crippen molar-refractivity contribution in [2.45, 2.75) is 12.0 Å². The fraction of sp³-hybridized carbons (Fsp3) is 0.222. The van der Waals surface area contributed by atoms with E-state index in [4.69, 9.17) is 21.8 Å². The van der Waals surface area contributed by atoms with Crippen LogP contribution in [0.3, 0.4) is 0 Å². The highest BCUT2D eigenvalue weighted by Crippen LogP contribution is 2.31. The van der Waals surface area contributed by atoms with Gasteiger partial charge >= 0.3 is 11.9 Å². The minimum absolute atomic E-state index is 0.202. The van der Waals surface area contributed by atoms with Crippen molar-refractivity contribution in [2.75, 3.05) is 0 Å². The molecule has 1 unspecified atom stereocenters. The maximum atomic E-state index is 12.8. The number of hydrogen-bond acceptors (Lipinski definition) is 2. The van der Waals surface area contributed by atoms with Gasteiger partial charge in [-0.3, -0.25) is 0 Å². The van der Waals surface area contributed by atoms with Gasteiger partial charge in [0.2, 0.25) is 0 Å². The summed E-state index contributed by atoms with van der Waals surface area (Å²) in [6.07, 6.45) is -2.38. The van der Waals surface area contributed by atoms with E-state index in [1.165, 1.54) is 12.1 Å². The zero-order chi connectivity index (χ0) is 11.6. The van der Waals surface area contributed by atoms with Crippen LogP contribution in [-0.4, -0.2) is 22.1 Å². The highest BCUT2D eigenvalue weighted by molar-refractivity contribution is 6.30. The van der Waals surface area contributed by atoms with Crippen molar-refractivity contribution >= 4 is 17.6 Å². The zero-order valence-electron chi connectivity index (χ0n) is 7.32. The molecule has 0 saturated carbocycles. The second kappa shape index (κ2) is 4.12. The van der Waals surface area contributed by atoms with E-state index in [1.807, 2.05) is 0 Å². The van der Waals surface area contributed by atoms with Crippen molar-refractivity contribution in [2.24, 2.45) is 0 Å². The maximum absolute atomic E-state index is 12.8. The Morgan fingerprint density at radius 3 is 2.20 bits per heavy atom. The first-order valence-corrected chi connectivity index (χ1v) is 4.28. The monoisotopic (exact) mass is 236 g/mol. The van der Waals surface area contributed by atoms with Crippen molar-refractivity contribution in [3.63, 3.8) is 0 Å². The van der Waals surface area contributed by atoms with Gasteiger partial charge < -0.3 is 10.2 Å². The number of aliphatic hydroxyl groups excluding tert-OH is 1. The van der Waals surface area contributed by atoms with Gasteiger partial charge in [-0.25, -0.2) is 4.79 Å². The molecule has 1 aromatic carbocycles. The summed E-state index contributed by atoms with van der Waals surface area (Å²) in [6.45, 7) is 0. The van der Waals surface area contributed by atoms with Crippen LogP contribution in [0, 0.1) is 0 Å². The molecule has 0 amide bonds. The molecule has 3 nitrogen and oxygen atoms in total. The summed E-state index contributed by atoms with van der Waals surface area (Å²) in [5.74, 6) is -6.58. The Hall–Kier alpha value is -1.20. The van der Waals surface area contributed by atoms with Crippen LogP contribution in [0.25, 0.3) is 0 Å². The van der Waals surface area contributed by atoms with Crippen molar-refractivity contribution in [1.29, 1.82) is 0 Å². The predicted octanol–water partition coefficient (Wildman–Crippen LogP) is 2.09. The molecule has 0 fully saturated rings. The van der Waals surface area contributed by atoms with Gasteiger partial charge in [-0.15, -0.1) is 0 Å². The Kier molecular flexibility index (Phi) is 3.26. The normalized spacial score (nSPS) is 13.6. The van der Waals surface area contributed by atoms with Crippen molar-refractivity contribution < 1.29 is 23.8 Å². The number of carbonyl (C=O) groups is 1. The second-order valence-corrected chi connectivity index (χ2v) is 3.32. The van der Waals surface area contributed by atoms with Crippen molar-refractivity contribution in [3.05, 3.63) is 34.9 Å². The second-order valence-electron chi connectivity index (χ2n) is 2.88. The first-order chi connectivity index (χ1) is 6.85. The SMILES string of the molecule is O=C(O)C(F)(F)C(O)c1ccc(Cl)cc1. The van der Waals surface area contributed by atoms with E-state index in [0.29, 0.717) is 5.02 Å². The van der Waals surface area contributed by atoms with E-state index in [2.05, 4.69) is 0 Å².